The minimum atomic E-state index is -0.228. The molecule has 2 aromatic rings. The summed E-state index contributed by atoms with van der Waals surface area (Å²) < 4.78 is 1.14. The third-order valence-corrected chi connectivity index (χ3v) is 5.28. The maximum absolute atomic E-state index is 6.59. The van der Waals surface area contributed by atoms with Crippen molar-refractivity contribution in [2.75, 3.05) is 0 Å². The molecule has 0 bridgehead atoms. The molecule has 0 radical (unpaired) electrons. The Kier molecular flexibility index (Phi) is 3.08. The Hall–Kier alpha value is -0.640. The van der Waals surface area contributed by atoms with Crippen molar-refractivity contribution >= 4 is 33.2 Å². The van der Waals surface area contributed by atoms with Gasteiger partial charge in [-0.2, -0.15) is 0 Å². The molecule has 3 rings (SSSR count). The molecule has 96 valence electrons. The van der Waals surface area contributed by atoms with Crippen LogP contribution in [0.3, 0.4) is 0 Å². The van der Waals surface area contributed by atoms with Gasteiger partial charge in [-0.05, 0) is 37.0 Å². The van der Waals surface area contributed by atoms with Crippen LogP contribution < -0.4 is 5.73 Å². The number of thiazole rings is 1. The summed E-state index contributed by atoms with van der Waals surface area (Å²) in [5, 5.41) is 1.84. The summed E-state index contributed by atoms with van der Waals surface area (Å²) in [6.45, 7) is 2.28. The largest absolute Gasteiger partial charge is 0.319 e. The zero-order valence-corrected chi connectivity index (χ0v) is 12.0. The summed E-state index contributed by atoms with van der Waals surface area (Å²) in [5.41, 5.74) is 7.38. The van der Waals surface area contributed by atoms with E-state index in [2.05, 4.69) is 6.92 Å². The van der Waals surface area contributed by atoms with Gasteiger partial charge in [0.1, 0.15) is 5.01 Å². The Morgan fingerprint density at radius 2 is 2.33 bits per heavy atom. The van der Waals surface area contributed by atoms with E-state index in [9.17, 15) is 0 Å². The molecule has 18 heavy (non-hydrogen) atoms. The first-order chi connectivity index (χ1) is 8.57. The average molecular weight is 281 g/mol. The number of hydrogen-bond donors (Lipinski definition) is 1. The van der Waals surface area contributed by atoms with Crippen molar-refractivity contribution in [2.45, 2.75) is 38.1 Å². The molecular formula is C14H17ClN2S. The van der Waals surface area contributed by atoms with E-state index in [1.807, 2.05) is 18.2 Å². The Morgan fingerprint density at radius 3 is 3.11 bits per heavy atom. The lowest BCUT2D eigenvalue weighted by atomic mass is 9.77. The first kappa shape index (κ1) is 12.4. The minimum absolute atomic E-state index is 0.228. The number of benzene rings is 1. The molecule has 0 spiro atoms. The number of nitrogens with two attached hydrogens (primary N) is 1. The summed E-state index contributed by atoms with van der Waals surface area (Å²) in [6, 6.07) is 5.85. The first-order valence-electron chi connectivity index (χ1n) is 6.42. The van der Waals surface area contributed by atoms with Crippen molar-refractivity contribution in [3.05, 3.63) is 28.2 Å². The molecule has 4 heteroatoms. The van der Waals surface area contributed by atoms with Gasteiger partial charge in [0, 0.05) is 5.02 Å². The van der Waals surface area contributed by atoms with Crippen LogP contribution in [0.4, 0.5) is 0 Å². The van der Waals surface area contributed by atoms with Crippen LogP contribution in [0.25, 0.3) is 10.2 Å². The number of aromatic nitrogens is 1. The molecule has 2 N–H and O–H groups in total. The van der Waals surface area contributed by atoms with E-state index < -0.39 is 0 Å². The highest BCUT2D eigenvalue weighted by Crippen LogP contribution is 2.40. The zero-order chi connectivity index (χ0) is 12.8. The molecule has 0 amide bonds. The van der Waals surface area contributed by atoms with Crippen molar-refractivity contribution < 1.29 is 0 Å². The van der Waals surface area contributed by atoms with Gasteiger partial charge < -0.3 is 5.73 Å². The molecular weight excluding hydrogens is 264 g/mol. The summed E-state index contributed by atoms with van der Waals surface area (Å²) in [5.74, 6) is 0.694. The molecule has 0 aliphatic heterocycles. The van der Waals surface area contributed by atoms with E-state index in [1.165, 1.54) is 12.8 Å². The number of nitrogens with zero attached hydrogens (tertiary/aromatic N) is 1. The fourth-order valence-electron chi connectivity index (χ4n) is 2.90. The van der Waals surface area contributed by atoms with Gasteiger partial charge >= 0.3 is 0 Å². The standard InChI is InChI=1S/C14H17ClN2S/c1-9-3-2-6-14(16,8-9)13-17-11-5-4-10(15)7-12(11)18-13/h4-5,7,9H,2-3,6,8,16H2,1H3. The third kappa shape index (κ3) is 2.15. The maximum atomic E-state index is 6.59. The number of rotatable bonds is 1. The van der Waals surface area contributed by atoms with Gasteiger partial charge in [0.25, 0.3) is 0 Å². The van der Waals surface area contributed by atoms with E-state index >= 15 is 0 Å². The van der Waals surface area contributed by atoms with E-state index in [-0.39, 0.29) is 5.54 Å². The van der Waals surface area contributed by atoms with Gasteiger partial charge in [-0.3, -0.25) is 0 Å². The lowest BCUT2D eigenvalue weighted by molar-refractivity contribution is 0.239. The number of fused-ring (bicyclic) bond motifs is 1. The Balaban J connectivity index is 2.03. The Morgan fingerprint density at radius 1 is 1.50 bits per heavy atom. The molecule has 0 saturated heterocycles. The van der Waals surface area contributed by atoms with Gasteiger partial charge in [-0.15, -0.1) is 11.3 Å². The van der Waals surface area contributed by atoms with Gasteiger partial charge in [0.05, 0.1) is 15.8 Å². The zero-order valence-electron chi connectivity index (χ0n) is 10.4. The van der Waals surface area contributed by atoms with Crippen LogP contribution >= 0.6 is 22.9 Å². The minimum Gasteiger partial charge on any atom is -0.319 e. The molecule has 2 atom stereocenters. The van der Waals surface area contributed by atoms with Gasteiger partial charge in [-0.25, -0.2) is 4.98 Å². The predicted octanol–water partition coefficient (Wildman–Crippen LogP) is 4.31. The lowest BCUT2D eigenvalue weighted by Crippen LogP contribution is -2.40. The molecule has 1 aliphatic carbocycles. The van der Waals surface area contributed by atoms with Gasteiger partial charge in [0.15, 0.2) is 0 Å². The highest BCUT2D eigenvalue weighted by atomic mass is 35.5. The molecule has 1 fully saturated rings. The van der Waals surface area contributed by atoms with E-state index in [1.54, 1.807) is 11.3 Å². The summed E-state index contributed by atoms with van der Waals surface area (Å²) in [4.78, 5) is 4.72. The van der Waals surface area contributed by atoms with Crippen molar-refractivity contribution in [3.63, 3.8) is 0 Å². The van der Waals surface area contributed by atoms with Gasteiger partial charge in [-0.1, -0.05) is 31.4 Å². The molecule has 1 saturated carbocycles. The van der Waals surface area contributed by atoms with Crippen molar-refractivity contribution in [3.8, 4) is 0 Å². The van der Waals surface area contributed by atoms with Gasteiger partial charge in [0.2, 0.25) is 0 Å². The van der Waals surface area contributed by atoms with E-state index in [0.717, 1.165) is 33.1 Å². The summed E-state index contributed by atoms with van der Waals surface area (Å²) >= 11 is 7.72. The molecule has 1 aromatic heterocycles. The fraction of sp³-hybridized carbons (Fsp3) is 0.500. The Bertz CT molecular complexity index is 580. The maximum Gasteiger partial charge on any atom is 0.114 e. The summed E-state index contributed by atoms with van der Waals surface area (Å²) in [7, 11) is 0. The van der Waals surface area contributed by atoms with Crippen LogP contribution in [0, 0.1) is 5.92 Å². The van der Waals surface area contributed by atoms with E-state index in [0.29, 0.717) is 5.92 Å². The van der Waals surface area contributed by atoms with Crippen molar-refractivity contribution in [2.24, 2.45) is 11.7 Å². The van der Waals surface area contributed by atoms with Crippen molar-refractivity contribution in [1.82, 2.24) is 4.98 Å². The SMILES string of the molecule is CC1CCCC(N)(c2nc3ccc(Cl)cc3s2)C1. The number of halogens is 1. The molecule has 1 aliphatic rings. The summed E-state index contributed by atoms with van der Waals surface area (Å²) in [6.07, 6.45) is 4.58. The molecule has 1 heterocycles. The van der Waals surface area contributed by atoms with Crippen LogP contribution in [0.2, 0.25) is 5.02 Å². The van der Waals surface area contributed by atoms with E-state index in [4.69, 9.17) is 22.3 Å². The van der Waals surface area contributed by atoms with Crippen molar-refractivity contribution in [1.29, 1.82) is 0 Å². The second kappa shape index (κ2) is 4.48. The monoisotopic (exact) mass is 280 g/mol. The second-order valence-electron chi connectivity index (χ2n) is 5.49. The van der Waals surface area contributed by atoms with Crippen LogP contribution in [0.1, 0.15) is 37.6 Å². The predicted molar refractivity (Wildman–Crippen MR) is 78.1 cm³/mol. The topological polar surface area (TPSA) is 38.9 Å². The fourth-order valence-corrected chi connectivity index (χ4v) is 4.28. The highest BCUT2D eigenvalue weighted by Gasteiger charge is 2.35. The first-order valence-corrected chi connectivity index (χ1v) is 7.62. The Labute approximate surface area is 116 Å². The second-order valence-corrected chi connectivity index (χ2v) is 6.96. The smallest absolute Gasteiger partial charge is 0.114 e. The normalized spacial score (nSPS) is 28.7. The van der Waals surface area contributed by atoms with Crippen LogP contribution in [0.5, 0.6) is 0 Å². The van der Waals surface area contributed by atoms with Crippen LogP contribution in [0.15, 0.2) is 18.2 Å². The quantitative estimate of drug-likeness (QED) is 0.845. The molecule has 2 unspecified atom stereocenters. The lowest BCUT2D eigenvalue weighted by Gasteiger charge is -2.35. The average Bonchev–Trinajstić information content (AvgIpc) is 2.72. The highest BCUT2D eigenvalue weighted by molar-refractivity contribution is 7.18. The third-order valence-electron chi connectivity index (χ3n) is 3.81. The van der Waals surface area contributed by atoms with Crippen LogP contribution in [-0.4, -0.2) is 4.98 Å². The molecule has 1 aromatic carbocycles. The number of hydrogen-bond acceptors (Lipinski definition) is 3. The van der Waals surface area contributed by atoms with Crippen LogP contribution in [-0.2, 0) is 5.54 Å². The molecule has 2 nitrogen and oxygen atoms in total.